The maximum atomic E-state index is 10.7. The van der Waals surface area contributed by atoms with E-state index >= 15 is 0 Å². The minimum absolute atomic E-state index is 0.518. The van der Waals surface area contributed by atoms with Crippen molar-refractivity contribution in [2.45, 2.75) is 12.5 Å². The third-order valence-corrected chi connectivity index (χ3v) is 2.90. The molecule has 0 aromatic carbocycles. The van der Waals surface area contributed by atoms with Crippen LogP contribution in [0.4, 0.5) is 0 Å². The van der Waals surface area contributed by atoms with Crippen molar-refractivity contribution in [1.29, 1.82) is 0 Å². The van der Waals surface area contributed by atoms with Gasteiger partial charge in [0, 0.05) is 16.9 Å². The lowest BCUT2D eigenvalue weighted by Crippen LogP contribution is -2.21. The first-order chi connectivity index (χ1) is 5.79. The number of rotatable bonds is 1. The molecule has 1 N–H and O–H groups in total. The number of fused-ring (bicyclic) bond motifs is 1. The van der Waals surface area contributed by atoms with Crippen LogP contribution in [0.5, 0.6) is 0 Å². The minimum atomic E-state index is -0.894. The van der Waals surface area contributed by atoms with Crippen LogP contribution >= 0.6 is 11.3 Å². The second-order valence-corrected chi connectivity index (χ2v) is 3.64. The molecular weight excluding hydrogens is 176 g/mol. The molecule has 0 fully saturated rings. The predicted octanol–water partition coefficient (Wildman–Crippen LogP) is 1.45. The van der Waals surface area contributed by atoms with Crippen molar-refractivity contribution >= 4 is 17.3 Å². The van der Waals surface area contributed by atoms with Crippen molar-refractivity contribution in [2.75, 3.05) is 6.61 Å². The molecule has 2 rings (SSSR count). The Balaban J connectivity index is 2.37. The summed E-state index contributed by atoms with van der Waals surface area (Å²) in [5.41, 5.74) is 0.832. The Labute approximate surface area is 73.6 Å². The summed E-state index contributed by atoms with van der Waals surface area (Å²) >= 11 is 1.60. The van der Waals surface area contributed by atoms with Gasteiger partial charge in [-0.2, -0.15) is 0 Å². The highest BCUT2D eigenvalue weighted by atomic mass is 32.1. The predicted molar refractivity (Wildman–Crippen MR) is 44.4 cm³/mol. The molecule has 1 aromatic rings. The fraction of sp³-hybridized carbons (Fsp3) is 0.375. The molecule has 0 aliphatic carbocycles. The third kappa shape index (κ3) is 1.13. The second-order valence-electron chi connectivity index (χ2n) is 2.64. The number of hydrogen-bond acceptors (Lipinski definition) is 3. The van der Waals surface area contributed by atoms with Crippen LogP contribution in [-0.4, -0.2) is 17.7 Å². The van der Waals surface area contributed by atoms with Crippen molar-refractivity contribution in [2.24, 2.45) is 0 Å². The van der Waals surface area contributed by atoms with Gasteiger partial charge in [0.05, 0.1) is 6.61 Å². The molecule has 0 spiro atoms. The SMILES string of the molecule is O=C(O)C1OCCc2sccc21. The largest absolute Gasteiger partial charge is 0.479 e. The van der Waals surface area contributed by atoms with Gasteiger partial charge in [-0.05, 0) is 11.4 Å². The zero-order chi connectivity index (χ0) is 8.55. The van der Waals surface area contributed by atoms with Gasteiger partial charge >= 0.3 is 5.97 Å². The van der Waals surface area contributed by atoms with E-state index in [2.05, 4.69) is 0 Å². The fourth-order valence-corrected chi connectivity index (χ4v) is 2.24. The van der Waals surface area contributed by atoms with Crippen LogP contribution in [0.2, 0.25) is 0 Å². The number of thiophene rings is 1. The van der Waals surface area contributed by atoms with Gasteiger partial charge in [-0.15, -0.1) is 11.3 Å². The van der Waals surface area contributed by atoms with Crippen LogP contribution in [-0.2, 0) is 16.0 Å². The van der Waals surface area contributed by atoms with Crippen molar-refractivity contribution in [3.8, 4) is 0 Å². The fourth-order valence-electron chi connectivity index (χ4n) is 1.35. The lowest BCUT2D eigenvalue weighted by Gasteiger charge is -2.19. The summed E-state index contributed by atoms with van der Waals surface area (Å²) < 4.78 is 5.13. The van der Waals surface area contributed by atoms with Gasteiger partial charge in [0.25, 0.3) is 0 Å². The Morgan fingerprint density at radius 3 is 3.33 bits per heavy atom. The first-order valence-electron chi connectivity index (χ1n) is 3.69. The molecule has 64 valence electrons. The smallest absolute Gasteiger partial charge is 0.337 e. The van der Waals surface area contributed by atoms with Crippen LogP contribution in [0, 0.1) is 0 Å². The lowest BCUT2D eigenvalue weighted by molar-refractivity contribution is -0.151. The quantitative estimate of drug-likeness (QED) is 0.718. The number of carboxylic acid groups (broad SMARTS) is 1. The summed E-state index contributed by atoms with van der Waals surface area (Å²) in [7, 11) is 0. The Kier molecular flexibility index (Phi) is 1.86. The van der Waals surface area contributed by atoms with Crippen molar-refractivity contribution in [3.05, 3.63) is 21.9 Å². The third-order valence-electron chi connectivity index (χ3n) is 1.90. The van der Waals surface area contributed by atoms with E-state index < -0.39 is 12.1 Å². The van der Waals surface area contributed by atoms with Crippen LogP contribution in [0.3, 0.4) is 0 Å². The standard InChI is InChI=1S/C8H8O3S/c9-8(10)7-5-2-4-12-6(5)1-3-11-7/h2,4,7H,1,3H2,(H,9,10). The van der Waals surface area contributed by atoms with E-state index in [1.54, 1.807) is 11.3 Å². The molecule has 0 bridgehead atoms. The molecule has 0 amide bonds. The first-order valence-corrected chi connectivity index (χ1v) is 4.57. The van der Waals surface area contributed by atoms with Crippen LogP contribution in [0.1, 0.15) is 16.5 Å². The summed E-state index contributed by atoms with van der Waals surface area (Å²) in [6.07, 6.45) is 0.108. The number of carbonyl (C=O) groups is 1. The Hall–Kier alpha value is -0.870. The summed E-state index contributed by atoms with van der Waals surface area (Å²) in [5, 5.41) is 10.7. The molecule has 0 saturated heterocycles. The van der Waals surface area contributed by atoms with E-state index in [1.165, 1.54) is 0 Å². The molecule has 1 aliphatic heterocycles. The van der Waals surface area contributed by atoms with Crippen LogP contribution < -0.4 is 0 Å². The normalized spacial score (nSPS) is 21.8. The van der Waals surface area contributed by atoms with Gasteiger partial charge in [-0.3, -0.25) is 0 Å². The maximum Gasteiger partial charge on any atom is 0.337 e. The van der Waals surface area contributed by atoms with Gasteiger partial charge in [0.15, 0.2) is 6.10 Å². The van der Waals surface area contributed by atoms with Gasteiger partial charge in [0.1, 0.15) is 0 Å². The molecule has 12 heavy (non-hydrogen) atoms. The van der Waals surface area contributed by atoms with Gasteiger partial charge < -0.3 is 9.84 Å². The molecule has 1 aromatic heterocycles. The number of aliphatic carboxylic acids is 1. The average Bonchev–Trinajstić information content (AvgIpc) is 2.49. The van der Waals surface area contributed by atoms with E-state index in [4.69, 9.17) is 9.84 Å². The maximum absolute atomic E-state index is 10.7. The van der Waals surface area contributed by atoms with Crippen molar-refractivity contribution in [3.63, 3.8) is 0 Å². The Morgan fingerprint density at radius 2 is 2.58 bits per heavy atom. The molecular formula is C8H8O3S. The summed E-state index contributed by atoms with van der Waals surface area (Å²) in [6, 6.07) is 1.83. The monoisotopic (exact) mass is 184 g/mol. The van der Waals surface area contributed by atoms with E-state index in [-0.39, 0.29) is 0 Å². The highest BCUT2D eigenvalue weighted by Gasteiger charge is 2.27. The second kappa shape index (κ2) is 2.88. The summed E-state index contributed by atoms with van der Waals surface area (Å²) in [4.78, 5) is 11.8. The van der Waals surface area contributed by atoms with E-state index in [0.29, 0.717) is 6.61 Å². The molecule has 4 heteroatoms. The molecule has 1 atom stereocenters. The average molecular weight is 184 g/mol. The van der Waals surface area contributed by atoms with E-state index in [1.807, 2.05) is 11.4 Å². The van der Waals surface area contributed by atoms with Crippen molar-refractivity contribution in [1.82, 2.24) is 0 Å². The van der Waals surface area contributed by atoms with Crippen molar-refractivity contribution < 1.29 is 14.6 Å². The Bertz CT molecular complexity index is 305. The van der Waals surface area contributed by atoms with E-state index in [9.17, 15) is 4.79 Å². The molecule has 0 saturated carbocycles. The van der Waals surface area contributed by atoms with Gasteiger partial charge in [0.2, 0.25) is 0 Å². The molecule has 1 unspecified atom stereocenters. The minimum Gasteiger partial charge on any atom is -0.479 e. The zero-order valence-corrected chi connectivity index (χ0v) is 7.13. The summed E-state index contributed by atoms with van der Waals surface area (Å²) in [6.45, 7) is 0.518. The molecule has 3 nitrogen and oxygen atoms in total. The topological polar surface area (TPSA) is 46.5 Å². The highest BCUT2D eigenvalue weighted by Crippen LogP contribution is 2.30. The molecule has 1 aliphatic rings. The first kappa shape index (κ1) is 7.76. The van der Waals surface area contributed by atoms with Gasteiger partial charge in [-0.1, -0.05) is 0 Å². The number of carboxylic acids is 1. The van der Waals surface area contributed by atoms with Gasteiger partial charge in [-0.25, -0.2) is 4.79 Å². The lowest BCUT2D eigenvalue weighted by atomic mass is 10.1. The molecule has 0 radical (unpaired) electrons. The van der Waals surface area contributed by atoms with Crippen LogP contribution in [0.25, 0.3) is 0 Å². The van der Waals surface area contributed by atoms with E-state index in [0.717, 1.165) is 16.9 Å². The zero-order valence-electron chi connectivity index (χ0n) is 6.32. The Morgan fingerprint density at radius 1 is 1.75 bits per heavy atom. The number of hydrogen-bond donors (Lipinski definition) is 1. The summed E-state index contributed by atoms with van der Waals surface area (Å²) in [5.74, 6) is -0.894. The highest BCUT2D eigenvalue weighted by molar-refractivity contribution is 7.10. The van der Waals surface area contributed by atoms with Crippen LogP contribution in [0.15, 0.2) is 11.4 Å². The molecule has 2 heterocycles. The number of ether oxygens (including phenoxy) is 1.